The summed E-state index contributed by atoms with van der Waals surface area (Å²) in [5.41, 5.74) is 0.920. The fourth-order valence-electron chi connectivity index (χ4n) is 1.53. The standard InChI is InChI=1S/C12H14N2OS/c1-9(6-7-15)16-12-8-13-14-11-5-3-2-4-10(11)12/h2-5,8-9,15H,6-7H2,1H3. The summed E-state index contributed by atoms with van der Waals surface area (Å²) in [4.78, 5) is 1.13. The zero-order valence-corrected chi connectivity index (χ0v) is 9.94. The highest BCUT2D eigenvalue weighted by atomic mass is 32.2. The van der Waals surface area contributed by atoms with Crippen molar-refractivity contribution in [1.82, 2.24) is 10.2 Å². The Bertz CT molecular complexity index is 470. The second-order valence-corrected chi connectivity index (χ2v) is 5.15. The molecule has 3 nitrogen and oxygen atoms in total. The Kier molecular flexibility index (Phi) is 3.74. The van der Waals surface area contributed by atoms with Crippen LogP contribution < -0.4 is 0 Å². The van der Waals surface area contributed by atoms with E-state index >= 15 is 0 Å². The van der Waals surface area contributed by atoms with E-state index in [4.69, 9.17) is 5.11 Å². The van der Waals surface area contributed by atoms with Gasteiger partial charge in [0.05, 0.1) is 11.7 Å². The van der Waals surface area contributed by atoms with Crippen molar-refractivity contribution in [3.8, 4) is 0 Å². The molecular formula is C12H14N2OS. The molecule has 0 amide bonds. The largest absolute Gasteiger partial charge is 0.396 e. The first-order chi connectivity index (χ1) is 7.81. The van der Waals surface area contributed by atoms with Gasteiger partial charge in [-0.2, -0.15) is 10.2 Å². The third-order valence-corrected chi connectivity index (χ3v) is 3.59. The summed E-state index contributed by atoms with van der Waals surface area (Å²) < 4.78 is 0. The van der Waals surface area contributed by atoms with Crippen LogP contribution in [0.3, 0.4) is 0 Å². The number of aliphatic hydroxyl groups excluding tert-OH is 1. The van der Waals surface area contributed by atoms with Gasteiger partial charge in [-0.1, -0.05) is 25.1 Å². The van der Waals surface area contributed by atoms with Gasteiger partial charge >= 0.3 is 0 Å². The van der Waals surface area contributed by atoms with Crippen LogP contribution in [-0.2, 0) is 0 Å². The lowest BCUT2D eigenvalue weighted by atomic mass is 10.2. The first-order valence-corrected chi connectivity index (χ1v) is 6.17. The number of nitrogens with zero attached hydrogens (tertiary/aromatic N) is 2. The number of rotatable bonds is 4. The number of hydrogen-bond donors (Lipinski definition) is 1. The van der Waals surface area contributed by atoms with E-state index in [1.165, 1.54) is 0 Å². The molecule has 0 radical (unpaired) electrons. The molecule has 84 valence electrons. The zero-order chi connectivity index (χ0) is 11.4. The van der Waals surface area contributed by atoms with Crippen LogP contribution in [0.25, 0.3) is 10.9 Å². The average molecular weight is 234 g/mol. The molecule has 0 aliphatic carbocycles. The first kappa shape index (κ1) is 11.4. The Morgan fingerprint density at radius 2 is 2.19 bits per heavy atom. The Labute approximate surface area is 98.9 Å². The summed E-state index contributed by atoms with van der Waals surface area (Å²) in [6, 6.07) is 7.98. The Balaban J connectivity index is 2.30. The van der Waals surface area contributed by atoms with Crippen LogP contribution in [0.15, 0.2) is 35.4 Å². The van der Waals surface area contributed by atoms with E-state index in [1.807, 2.05) is 18.2 Å². The lowest BCUT2D eigenvalue weighted by molar-refractivity contribution is 0.289. The number of benzene rings is 1. The maximum Gasteiger partial charge on any atom is 0.0940 e. The molecule has 2 aromatic rings. The fraction of sp³-hybridized carbons (Fsp3) is 0.333. The summed E-state index contributed by atoms with van der Waals surface area (Å²) in [5, 5.41) is 18.5. The maximum atomic E-state index is 8.89. The molecule has 0 aliphatic rings. The molecule has 1 aromatic heterocycles. The van der Waals surface area contributed by atoms with Gasteiger partial charge in [-0.3, -0.25) is 0 Å². The van der Waals surface area contributed by atoms with Crippen LogP contribution in [-0.4, -0.2) is 27.2 Å². The third kappa shape index (κ3) is 2.51. The van der Waals surface area contributed by atoms with E-state index in [2.05, 4.69) is 23.2 Å². The van der Waals surface area contributed by atoms with Gasteiger partial charge in [0.25, 0.3) is 0 Å². The van der Waals surface area contributed by atoms with Gasteiger partial charge in [-0.25, -0.2) is 0 Å². The number of thioether (sulfide) groups is 1. The molecule has 16 heavy (non-hydrogen) atoms. The van der Waals surface area contributed by atoms with Gasteiger partial charge in [-0.05, 0) is 12.5 Å². The van der Waals surface area contributed by atoms with Crippen molar-refractivity contribution < 1.29 is 5.11 Å². The Morgan fingerprint density at radius 1 is 1.38 bits per heavy atom. The summed E-state index contributed by atoms with van der Waals surface area (Å²) >= 11 is 1.74. The maximum absolute atomic E-state index is 8.89. The summed E-state index contributed by atoms with van der Waals surface area (Å²) in [6.07, 6.45) is 2.59. The predicted molar refractivity (Wildman–Crippen MR) is 66.6 cm³/mol. The molecule has 0 spiro atoms. The molecule has 0 fully saturated rings. The summed E-state index contributed by atoms with van der Waals surface area (Å²) in [6.45, 7) is 2.33. The van der Waals surface area contributed by atoms with Crippen LogP contribution in [0.4, 0.5) is 0 Å². The van der Waals surface area contributed by atoms with Crippen LogP contribution in [0.1, 0.15) is 13.3 Å². The molecule has 1 aromatic carbocycles. The Hall–Kier alpha value is -1.13. The average Bonchev–Trinajstić information content (AvgIpc) is 2.30. The minimum Gasteiger partial charge on any atom is -0.396 e. The van der Waals surface area contributed by atoms with Crippen molar-refractivity contribution in [2.24, 2.45) is 0 Å². The highest BCUT2D eigenvalue weighted by molar-refractivity contribution is 8.00. The lowest BCUT2D eigenvalue weighted by Gasteiger charge is -2.10. The fourth-order valence-corrected chi connectivity index (χ4v) is 2.60. The van der Waals surface area contributed by atoms with Crippen LogP contribution >= 0.6 is 11.8 Å². The van der Waals surface area contributed by atoms with Crippen LogP contribution in [0.5, 0.6) is 0 Å². The van der Waals surface area contributed by atoms with E-state index in [1.54, 1.807) is 18.0 Å². The number of aliphatic hydroxyl groups is 1. The van der Waals surface area contributed by atoms with Crippen molar-refractivity contribution >= 4 is 22.7 Å². The van der Waals surface area contributed by atoms with Gasteiger partial charge in [-0.15, -0.1) is 11.8 Å². The van der Waals surface area contributed by atoms with Gasteiger partial charge in [0.1, 0.15) is 0 Å². The van der Waals surface area contributed by atoms with Crippen molar-refractivity contribution in [3.63, 3.8) is 0 Å². The molecule has 0 saturated heterocycles. The zero-order valence-electron chi connectivity index (χ0n) is 9.13. The number of hydrogen-bond acceptors (Lipinski definition) is 4. The van der Waals surface area contributed by atoms with E-state index in [-0.39, 0.29) is 6.61 Å². The van der Waals surface area contributed by atoms with Crippen LogP contribution in [0, 0.1) is 0 Å². The topological polar surface area (TPSA) is 46.0 Å². The molecule has 0 aliphatic heterocycles. The molecule has 0 bridgehead atoms. The van der Waals surface area contributed by atoms with E-state index < -0.39 is 0 Å². The number of aromatic nitrogens is 2. The van der Waals surface area contributed by atoms with Crippen molar-refractivity contribution in [3.05, 3.63) is 30.5 Å². The molecule has 1 unspecified atom stereocenters. The summed E-state index contributed by atoms with van der Waals surface area (Å²) in [7, 11) is 0. The molecular weight excluding hydrogens is 220 g/mol. The summed E-state index contributed by atoms with van der Waals surface area (Å²) in [5.74, 6) is 0. The monoisotopic (exact) mass is 234 g/mol. The van der Waals surface area contributed by atoms with Crippen molar-refractivity contribution in [2.45, 2.75) is 23.5 Å². The third-order valence-electron chi connectivity index (χ3n) is 2.37. The normalized spacial score (nSPS) is 12.9. The lowest BCUT2D eigenvalue weighted by Crippen LogP contribution is -1.99. The van der Waals surface area contributed by atoms with Gasteiger partial charge in [0.2, 0.25) is 0 Å². The van der Waals surface area contributed by atoms with Crippen LogP contribution in [0.2, 0.25) is 0 Å². The first-order valence-electron chi connectivity index (χ1n) is 5.29. The quantitative estimate of drug-likeness (QED) is 0.826. The number of fused-ring (bicyclic) bond motifs is 1. The van der Waals surface area contributed by atoms with Gasteiger partial charge in [0, 0.05) is 22.1 Å². The second kappa shape index (κ2) is 5.27. The Morgan fingerprint density at radius 3 is 3.00 bits per heavy atom. The van der Waals surface area contributed by atoms with Gasteiger partial charge in [0.15, 0.2) is 0 Å². The smallest absolute Gasteiger partial charge is 0.0940 e. The van der Waals surface area contributed by atoms with E-state index in [0.717, 1.165) is 22.2 Å². The van der Waals surface area contributed by atoms with Gasteiger partial charge < -0.3 is 5.11 Å². The van der Waals surface area contributed by atoms with Crippen molar-refractivity contribution in [2.75, 3.05) is 6.61 Å². The molecule has 0 saturated carbocycles. The highest BCUT2D eigenvalue weighted by Gasteiger charge is 2.07. The molecule has 1 atom stereocenters. The van der Waals surface area contributed by atoms with Crippen molar-refractivity contribution in [1.29, 1.82) is 0 Å². The molecule has 1 N–H and O–H groups in total. The van der Waals surface area contributed by atoms with E-state index in [9.17, 15) is 0 Å². The molecule has 1 heterocycles. The van der Waals surface area contributed by atoms with E-state index in [0.29, 0.717) is 5.25 Å². The highest BCUT2D eigenvalue weighted by Crippen LogP contribution is 2.29. The minimum absolute atomic E-state index is 0.227. The molecule has 4 heteroatoms. The predicted octanol–water partition coefficient (Wildman–Crippen LogP) is 2.49. The molecule has 2 rings (SSSR count). The minimum atomic E-state index is 0.227. The SMILES string of the molecule is CC(CCO)Sc1cnnc2ccccc12. The second-order valence-electron chi connectivity index (χ2n) is 3.67.